The number of carbonyl (C=O) groups excluding carboxylic acids is 2. The minimum atomic E-state index is -0.454. The third-order valence-electron chi connectivity index (χ3n) is 8.82. The molecule has 0 unspecified atom stereocenters. The molecule has 1 heterocycles. The maximum absolute atomic E-state index is 13.9. The molecule has 0 bridgehead atoms. The highest BCUT2D eigenvalue weighted by Crippen LogP contribution is 2.35. The number of nitrogens with zero attached hydrogens (tertiary/aromatic N) is 2. The van der Waals surface area contributed by atoms with E-state index in [1.54, 1.807) is 23.1 Å². The molecule has 0 saturated heterocycles. The van der Waals surface area contributed by atoms with Gasteiger partial charge in [0, 0.05) is 30.9 Å². The van der Waals surface area contributed by atoms with Crippen molar-refractivity contribution in [3.8, 4) is 17.2 Å². The highest BCUT2D eigenvalue weighted by Gasteiger charge is 2.34. The molecule has 1 aliphatic heterocycles. The Bertz CT molecular complexity index is 1890. The number of hydrogen-bond donors (Lipinski definition) is 3. The number of benzene rings is 5. The van der Waals surface area contributed by atoms with Crippen LogP contribution in [0.1, 0.15) is 29.8 Å². The van der Waals surface area contributed by atoms with Crippen LogP contribution >= 0.6 is 0 Å². The zero-order chi connectivity index (χ0) is 34.3. The molecule has 3 amide bonds. The standard InChI is InChI=1S/C40H42N4O5/c1-27-23-44(28(2)26-45)39(46)34-16-10-18-36(42-40(47)41-35-17-9-12-30-11-7-8-15-33(30)35)38(34)49-37(27)25-43(3)24-29-19-21-32(22-20-29)48-31-13-5-4-6-14-31/h4-22,27-28,37,45H,23-26H2,1-3H3,(H2,41,42,47)/t27-,28+,37+/m0/s1. The average molecular weight is 659 g/mol. The molecule has 1 aliphatic rings. The van der Waals surface area contributed by atoms with E-state index in [4.69, 9.17) is 9.47 Å². The molecule has 9 heteroatoms. The number of anilines is 2. The lowest BCUT2D eigenvalue weighted by molar-refractivity contribution is 0.0343. The number of aliphatic hydroxyl groups excluding tert-OH is 1. The summed E-state index contributed by atoms with van der Waals surface area (Å²) >= 11 is 0. The highest BCUT2D eigenvalue weighted by atomic mass is 16.5. The Balaban J connectivity index is 1.22. The lowest BCUT2D eigenvalue weighted by atomic mass is 9.99. The number of likely N-dealkylation sites (N-methyl/N-ethyl adjacent to an activating group) is 1. The molecule has 6 rings (SSSR count). The highest BCUT2D eigenvalue weighted by molar-refractivity contribution is 6.08. The summed E-state index contributed by atoms with van der Waals surface area (Å²) in [4.78, 5) is 31.2. The van der Waals surface area contributed by atoms with Crippen LogP contribution in [-0.4, -0.2) is 65.7 Å². The first-order valence-electron chi connectivity index (χ1n) is 16.6. The molecule has 0 spiro atoms. The minimum Gasteiger partial charge on any atom is -0.486 e. The Labute approximate surface area is 287 Å². The van der Waals surface area contributed by atoms with Crippen molar-refractivity contribution in [1.29, 1.82) is 0 Å². The summed E-state index contributed by atoms with van der Waals surface area (Å²) in [6.45, 7) is 5.33. The van der Waals surface area contributed by atoms with Gasteiger partial charge in [-0.15, -0.1) is 0 Å². The van der Waals surface area contributed by atoms with Gasteiger partial charge in [-0.2, -0.15) is 0 Å². The summed E-state index contributed by atoms with van der Waals surface area (Å²) in [5.41, 5.74) is 2.50. The van der Waals surface area contributed by atoms with Gasteiger partial charge in [0.1, 0.15) is 17.6 Å². The van der Waals surface area contributed by atoms with E-state index in [1.807, 2.05) is 118 Å². The smallest absolute Gasteiger partial charge is 0.323 e. The van der Waals surface area contributed by atoms with Crippen LogP contribution in [0.15, 0.2) is 115 Å². The van der Waals surface area contributed by atoms with Gasteiger partial charge >= 0.3 is 6.03 Å². The monoisotopic (exact) mass is 658 g/mol. The van der Waals surface area contributed by atoms with Gasteiger partial charge in [-0.1, -0.05) is 79.7 Å². The molecule has 0 radical (unpaired) electrons. The van der Waals surface area contributed by atoms with Crippen molar-refractivity contribution < 1.29 is 24.2 Å². The van der Waals surface area contributed by atoms with Gasteiger partial charge in [0.15, 0.2) is 5.75 Å². The Kier molecular flexibility index (Phi) is 10.4. The summed E-state index contributed by atoms with van der Waals surface area (Å²) in [5.74, 6) is 1.51. The van der Waals surface area contributed by atoms with Crippen LogP contribution in [0.2, 0.25) is 0 Å². The van der Waals surface area contributed by atoms with Crippen molar-refractivity contribution in [2.75, 3.05) is 37.4 Å². The molecule has 3 atom stereocenters. The molecular formula is C40H42N4O5. The van der Waals surface area contributed by atoms with Gasteiger partial charge in [0.2, 0.25) is 0 Å². The molecule has 0 aromatic heterocycles. The zero-order valence-corrected chi connectivity index (χ0v) is 28.0. The molecule has 0 fully saturated rings. The van der Waals surface area contributed by atoms with Crippen LogP contribution in [0.3, 0.4) is 0 Å². The van der Waals surface area contributed by atoms with Gasteiger partial charge in [-0.3, -0.25) is 9.69 Å². The van der Waals surface area contributed by atoms with E-state index >= 15 is 0 Å². The molecule has 3 N–H and O–H groups in total. The predicted molar refractivity (Wildman–Crippen MR) is 193 cm³/mol. The number of aliphatic hydroxyl groups is 1. The number of rotatable bonds is 10. The minimum absolute atomic E-state index is 0.0900. The zero-order valence-electron chi connectivity index (χ0n) is 28.0. The lowest BCUT2D eigenvalue weighted by Crippen LogP contribution is -2.49. The van der Waals surface area contributed by atoms with Crippen LogP contribution < -0.4 is 20.1 Å². The quantitative estimate of drug-likeness (QED) is 0.143. The summed E-state index contributed by atoms with van der Waals surface area (Å²) in [7, 11) is 2.03. The topological polar surface area (TPSA) is 103 Å². The normalized spacial score (nSPS) is 16.7. The fourth-order valence-corrected chi connectivity index (χ4v) is 6.14. The average Bonchev–Trinajstić information content (AvgIpc) is 3.11. The van der Waals surface area contributed by atoms with Crippen molar-refractivity contribution in [1.82, 2.24) is 9.80 Å². The number of hydrogen-bond acceptors (Lipinski definition) is 6. The van der Waals surface area contributed by atoms with Crippen molar-refractivity contribution >= 4 is 34.1 Å². The molecule has 0 saturated carbocycles. The van der Waals surface area contributed by atoms with Gasteiger partial charge in [-0.05, 0) is 67.4 Å². The van der Waals surface area contributed by atoms with E-state index < -0.39 is 12.1 Å². The van der Waals surface area contributed by atoms with Gasteiger partial charge in [0.05, 0.1) is 29.6 Å². The SMILES string of the molecule is C[C@H](CO)N1C[C@H](C)[C@@H](CN(C)Cc2ccc(Oc3ccccc3)cc2)Oc2c(NC(=O)Nc3cccc4ccccc34)cccc2C1=O. The van der Waals surface area contributed by atoms with Crippen molar-refractivity contribution in [2.45, 2.75) is 32.5 Å². The number of carbonyl (C=O) groups is 2. The van der Waals surface area contributed by atoms with Crippen LogP contribution in [0.5, 0.6) is 17.2 Å². The molecule has 5 aromatic rings. The number of fused-ring (bicyclic) bond motifs is 2. The summed E-state index contributed by atoms with van der Waals surface area (Å²) in [5, 5.41) is 17.9. The Morgan fingerprint density at radius 1 is 0.898 bits per heavy atom. The summed E-state index contributed by atoms with van der Waals surface area (Å²) in [6, 6.07) is 35.6. The summed E-state index contributed by atoms with van der Waals surface area (Å²) < 4.78 is 12.7. The van der Waals surface area contributed by atoms with Crippen molar-refractivity contribution in [2.24, 2.45) is 5.92 Å². The van der Waals surface area contributed by atoms with Crippen molar-refractivity contribution in [3.05, 3.63) is 126 Å². The second-order valence-electron chi connectivity index (χ2n) is 12.7. The van der Waals surface area contributed by atoms with Crippen LogP contribution in [0.25, 0.3) is 10.8 Å². The van der Waals surface area contributed by atoms with Crippen molar-refractivity contribution in [3.63, 3.8) is 0 Å². The number of ether oxygens (including phenoxy) is 2. The maximum atomic E-state index is 13.9. The Morgan fingerprint density at radius 2 is 1.55 bits per heavy atom. The van der Waals surface area contributed by atoms with Crippen LogP contribution in [0.4, 0.5) is 16.2 Å². The molecule has 49 heavy (non-hydrogen) atoms. The van der Waals surface area contributed by atoms with Gasteiger partial charge < -0.3 is 30.1 Å². The first-order valence-corrected chi connectivity index (χ1v) is 16.6. The second-order valence-corrected chi connectivity index (χ2v) is 12.7. The number of amides is 3. The molecule has 0 aliphatic carbocycles. The van der Waals surface area contributed by atoms with E-state index in [-0.39, 0.29) is 24.5 Å². The Morgan fingerprint density at radius 3 is 2.33 bits per heavy atom. The van der Waals surface area contributed by atoms with Gasteiger partial charge in [-0.25, -0.2) is 4.79 Å². The number of urea groups is 1. The fourth-order valence-electron chi connectivity index (χ4n) is 6.14. The lowest BCUT2D eigenvalue weighted by Gasteiger charge is -2.38. The van der Waals surface area contributed by atoms with Gasteiger partial charge in [0.25, 0.3) is 5.91 Å². The predicted octanol–water partition coefficient (Wildman–Crippen LogP) is 7.63. The third-order valence-corrected chi connectivity index (χ3v) is 8.82. The fraction of sp³-hybridized carbons (Fsp3) is 0.250. The van der Waals surface area contributed by atoms with Crippen LogP contribution in [-0.2, 0) is 6.54 Å². The summed E-state index contributed by atoms with van der Waals surface area (Å²) in [6.07, 6.45) is -0.338. The largest absolute Gasteiger partial charge is 0.486 e. The first kappa shape index (κ1) is 33.5. The number of para-hydroxylation sites is 2. The molecular weight excluding hydrogens is 616 g/mol. The van der Waals surface area contributed by atoms with E-state index in [0.717, 1.165) is 27.8 Å². The second kappa shape index (κ2) is 15.2. The van der Waals surface area contributed by atoms with Crippen LogP contribution in [0, 0.1) is 5.92 Å². The molecule has 5 aromatic carbocycles. The third kappa shape index (κ3) is 8.02. The van der Waals surface area contributed by atoms with E-state index in [0.29, 0.717) is 42.3 Å². The molecule has 252 valence electrons. The first-order chi connectivity index (χ1) is 23.8. The van der Waals surface area contributed by atoms with E-state index in [2.05, 4.69) is 15.5 Å². The van der Waals surface area contributed by atoms with E-state index in [1.165, 1.54) is 0 Å². The molecule has 9 nitrogen and oxygen atoms in total. The number of nitrogens with one attached hydrogen (secondary N) is 2. The maximum Gasteiger partial charge on any atom is 0.323 e. The Hall–Kier alpha value is -5.38. The van der Waals surface area contributed by atoms with E-state index in [9.17, 15) is 14.7 Å².